The molecule has 3 nitrogen and oxygen atoms in total. The first-order valence-electron chi connectivity index (χ1n) is 5.14. The summed E-state index contributed by atoms with van der Waals surface area (Å²) in [4.78, 5) is 2.38. The Bertz CT molecular complexity index is 157. The smallest absolute Gasteiger partial charge is 0.0708 e. The molecule has 80 valence electrons. The first kappa shape index (κ1) is 11.0. The van der Waals surface area contributed by atoms with Crippen LogP contribution in [-0.4, -0.2) is 50.3 Å². The zero-order valence-electron chi connectivity index (χ0n) is 9.21. The summed E-state index contributed by atoms with van der Waals surface area (Å²) in [5, 5.41) is 3.62. The summed E-state index contributed by atoms with van der Waals surface area (Å²) in [5.74, 6) is 0. The fourth-order valence-corrected chi connectivity index (χ4v) is 1.89. The Morgan fingerprint density at radius 2 is 2.31 bits per heavy atom. The van der Waals surface area contributed by atoms with E-state index in [4.69, 9.17) is 4.74 Å². The number of piperazine rings is 1. The van der Waals surface area contributed by atoms with Crippen molar-refractivity contribution < 1.29 is 6.16 Å². The molecule has 1 aliphatic heterocycles. The highest BCUT2D eigenvalue weighted by atomic mass is 16.5. The van der Waals surface area contributed by atoms with Gasteiger partial charge >= 0.3 is 0 Å². The van der Waals surface area contributed by atoms with Gasteiger partial charge in [0.2, 0.25) is 0 Å². The number of likely N-dealkylation sites (N-methyl/N-ethyl adjacent to an activating group) is 1. The lowest BCUT2D eigenvalue weighted by atomic mass is 10.0. The number of nitrogens with zero attached hydrogens (tertiary/aromatic N) is 1. The van der Waals surface area contributed by atoms with E-state index in [2.05, 4.69) is 31.1 Å². The van der Waals surface area contributed by atoms with Crippen molar-refractivity contribution in [1.29, 1.82) is 0 Å². The van der Waals surface area contributed by atoms with Crippen LogP contribution in [0.4, 0.5) is 0 Å². The maximum atomic E-state index is 5.34. The zero-order valence-corrected chi connectivity index (χ0v) is 9.21. The normalized spacial score (nSPS) is 33.2. The third kappa shape index (κ3) is 2.93. The van der Waals surface area contributed by atoms with Gasteiger partial charge in [-0.15, -0.1) is 0 Å². The topological polar surface area (TPSA) is 24.5 Å². The molecule has 3 heteroatoms. The SMILES string of the molecule is CC[C@H]1CN(C)CC(C(C)OC)N1.[HH]. The van der Waals surface area contributed by atoms with Crippen LogP contribution in [0.15, 0.2) is 0 Å². The van der Waals surface area contributed by atoms with Gasteiger partial charge in [-0.2, -0.15) is 0 Å². The van der Waals surface area contributed by atoms with Crippen LogP contribution in [0.2, 0.25) is 0 Å². The molecule has 13 heavy (non-hydrogen) atoms. The zero-order chi connectivity index (χ0) is 9.84. The largest absolute Gasteiger partial charge is 0.380 e. The summed E-state index contributed by atoms with van der Waals surface area (Å²) in [7, 11) is 3.96. The van der Waals surface area contributed by atoms with Crippen LogP contribution in [0.25, 0.3) is 0 Å². The second kappa shape index (κ2) is 4.94. The number of hydrogen-bond acceptors (Lipinski definition) is 3. The van der Waals surface area contributed by atoms with E-state index in [-0.39, 0.29) is 1.43 Å². The van der Waals surface area contributed by atoms with Gasteiger partial charge in [-0.3, -0.25) is 0 Å². The van der Waals surface area contributed by atoms with E-state index in [1.54, 1.807) is 7.11 Å². The fourth-order valence-electron chi connectivity index (χ4n) is 1.89. The molecular weight excluding hydrogens is 164 g/mol. The predicted molar refractivity (Wildman–Crippen MR) is 57.1 cm³/mol. The molecule has 0 saturated carbocycles. The predicted octanol–water partition coefficient (Wildman–Crippen LogP) is 0.949. The molecule has 1 saturated heterocycles. The highest BCUT2D eigenvalue weighted by molar-refractivity contribution is 4.87. The summed E-state index contributed by atoms with van der Waals surface area (Å²) in [6, 6.07) is 1.11. The van der Waals surface area contributed by atoms with Crippen LogP contribution < -0.4 is 5.32 Å². The molecule has 0 spiro atoms. The molecule has 0 aromatic heterocycles. The lowest BCUT2D eigenvalue weighted by Gasteiger charge is -2.38. The molecule has 1 fully saturated rings. The molecule has 0 aliphatic carbocycles. The quantitative estimate of drug-likeness (QED) is 0.713. The van der Waals surface area contributed by atoms with E-state index in [9.17, 15) is 0 Å². The molecular formula is C10H24N2O. The van der Waals surface area contributed by atoms with E-state index < -0.39 is 0 Å². The van der Waals surface area contributed by atoms with E-state index in [0.29, 0.717) is 18.2 Å². The molecule has 1 N–H and O–H groups in total. The van der Waals surface area contributed by atoms with Crippen molar-refractivity contribution >= 4 is 0 Å². The molecule has 1 heterocycles. The highest BCUT2D eigenvalue weighted by Gasteiger charge is 2.26. The third-order valence-corrected chi connectivity index (χ3v) is 2.92. The Hall–Kier alpha value is -0.120. The number of methoxy groups -OCH3 is 1. The van der Waals surface area contributed by atoms with E-state index in [1.165, 1.54) is 6.42 Å². The lowest BCUT2D eigenvalue weighted by Crippen LogP contribution is -2.58. The van der Waals surface area contributed by atoms with Crippen LogP contribution in [0.3, 0.4) is 0 Å². The molecule has 1 rings (SSSR count). The second-order valence-corrected chi connectivity index (χ2v) is 4.04. The molecule has 1 aliphatic rings. The minimum Gasteiger partial charge on any atom is -0.380 e. The Kier molecular flexibility index (Phi) is 4.16. The van der Waals surface area contributed by atoms with Crippen LogP contribution >= 0.6 is 0 Å². The van der Waals surface area contributed by atoms with Gasteiger partial charge in [-0.25, -0.2) is 0 Å². The third-order valence-electron chi connectivity index (χ3n) is 2.92. The van der Waals surface area contributed by atoms with Crippen LogP contribution in [0, 0.1) is 0 Å². The minimum atomic E-state index is 0. The Morgan fingerprint density at radius 1 is 1.62 bits per heavy atom. The minimum absolute atomic E-state index is 0. The van der Waals surface area contributed by atoms with Gasteiger partial charge in [-0.1, -0.05) is 6.92 Å². The molecule has 0 amide bonds. The summed E-state index contributed by atoms with van der Waals surface area (Å²) in [6.45, 7) is 6.60. The average Bonchev–Trinajstić information content (AvgIpc) is 2.15. The molecule has 0 bridgehead atoms. The summed E-state index contributed by atoms with van der Waals surface area (Å²) >= 11 is 0. The maximum Gasteiger partial charge on any atom is 0.0708 e. The summed E-state index contributed by atoms with van der Waals surface area (Å²) in [6.07, 6.45) is 1.49. The first-order chi connectivity index (χ1) is 6.17. The van der Waals surface area contributed by atoms with Gasteiger partial charge < -0.3 is 15.0 Å². The number of nitrogens with one attached hydrogen (secondary N) is 1. The van der Waals surface area contributed by atoms with Gasteiger partial charge in [-0.05, 0) is 20.4 Å². The Balaban J connectivity index is 0.00000169. The van der Waals surface area contributed by atoms with Crippen molar-refractivity contribution in [2.75, 3.05) is 27.2 Å². The second-order valence-electron chi connectivity index (χ2n) is 4.04. The molecule has 2 unspecified atom stereocenters. The van der Waals surface area contributed by atoms with Gasteiger partial charge in [0.15, 0.2) is 0 Å². The molecule has 3 atom stereocenters. The van der Waals surface area contributed by atoms with E-state index >= 15 is 0 Å². The first-order valence-corrected chi connectivity index (χ1v) is 5.14. The van der Waals surface area contributed by atoms with Crippen LogP contribution in [-0.2, 0) is 4.74 Å². The van der Waals surface area contributed by atoms with Crippen LogP contribution in [0.5, 0.6) is 0 Å². The van der Waals surface area contributed by atoms with Crippen LogP contribution in [0.1, 0.15) is 21.7 Å². The highest BCUT2D eigenvalue weighted by Crippen LogP contribution is 2.09. The Labute approximate surface area is 82.9 Å². The van der Waals surface area contributed by atoms with Crippen molar-refractivity contribution in [2.24, 2.45) is 0 Å². The molecule has 0 aromatic rings. The van der Waals surface area contributed by atoms with Gasteiger partial charge in [0.05, 0.1) is 6.10 Å². The summed E-state index contributed by atoms with van der Waals surface area (Å²) in [5.41, 5.74) is 0. The number of ether oxygens (including phenoxy) is 1. The Morgan fingerprint density at radius 3 is 2.85 bits per heavy atom. The van der Waals surface area contributed by atoms with Crippen molar-refractivity contribution in [3.8, 4) is 0 Å². The van der Waals surface area contributed by atoms with Crippen molar-refractivity contribution in [1.82, 2.24) is 10.2 Å². The van der Waals surface area contributed by atoms with Gasteiger partial charge in [0.25, 0.3) is 0 Å². The van der Waals surface area contributed by atoms with Gasteiger partial charge in [0, 0.05) is 33.7 Å². The van der Waals surface area contributed by atoms with Crippen molar-refractivity contribution in [2.45, 2.75) is 38.5 Å². The molecule has 0 aromatic carbocycles. The average molecular weight is 188 g/mol. The van der Waals surface area contributed by atoms with E-state index in [1.807, 2.05) is 0 Å². The number of rotatable bonds is 3. The maximum absolute atomic E-state index is 5.34. The fraction of sp³-hybridized carbons (Fsp3) is 1.00. The monoisotopic (exact) mass is 188 g/mol. The van der Waals surface area contributed by atoms with E-state index in [0.717, 1.165) is 13.1 Å². The number of hydrogen-bond donors (Lipinski definition) is 1. The summed E-state index contributed by atoms with van der Waals surface area (Å²) < 4.78 is 5.34. The van der Waals surface area contributed by atoms with Crippen molar-refractivity contribution in [3.63, 3.8) is 0 Å². The van der Waals surface area contributed by atoms with Gasteiger partial charge in [0.1, 0.15) is 0 Å². The molecule has 0 radical (unpaired) electrons. The lowest BCUT2D eigenvalue weighted by molar-refractivity contribution is 0.0454. The standard InChI is InChI=1S/C10H22N2O.H2/c1-5-9-6-12(3)7-10(11-9)8(2)13-4;/h8-11H,5-7H2,1-4H3;1H/t8?,9-,10?;/m0./s1. The van der Waals surface area contributed by atoms with Crippen molar-refractivity contribution in [3.05, 3.63) is 0 Å².